The van der Waals surface area contributed by atoms with Gasteiger partial charge in [-0.15, -0.1) is 0 Å². The SMILES string of the molecule is CCOC(=O)C=CC(CC1CCNC1=O)NC(=O)C(Cc1ccccc1)NC(=O)C(=O)NCCC1CC1. The molecule has 1 aliphatic heterocycles. The number of rotatable bonds is 13. The highest BCUT2D eigenvalue weighted by molar-refractivity contribution is 6.35. The minimum atomic E-state index is -1.04. The molecule has 0 radical (unpaired) electrons. The molecule has 2 fully saturated rings. The standard InChI is InChI=1S/C27H36N4O6/c1-2-37-23(32)11-10-21(17-20-13-15-28-24(20)33)30-25(34)22(16-19-6-4-3-5-7-19)31-27(36)26(35)29-14-12-18-8-9-18/h3-7,10-11,18,20-22H,2,8-9,12-17H2,1H3,(H,28,33)(H,29,35)(H,30,34)(H,31,36). The van der Waals surface area contributed by atoms with E-state index in [-0.39, 0.29) is 31.3 Å². The summed E-state index contributed by atoms with van der Waals surface area (Å²) in [5.74, 6) is -2.58. The molecule has 1 aromatic rings. The summed E-state index contributed by atoms with van der Waals surface area (Å²) in [6, 6.07) is 7.42. The Kier molecular flexibility index (Phi) is 10.7. The number of nitrogens with one attached hydrogen (secondary N) is 4. The molecule has 4 amide bonds. The predicted octanol–water partition coefficient (Wildman–Crippen LogP) is 0.761. The summed E-state index contributed by atoms with van der Waals surface area (Å²) < 4.78 is 4.93. The fourth-order valence-electron chi connectivity index (χ4n) is 4.19. The van der Waals surface area contributed by atoms with Crippen LogP contribution < -0.4 is 21.3 Å². The van der Waals surface area contributed by atoms with E-state index in [2.05, 4.69) is 21.3 Å². The van der Waals surface area contributed by atoms with E-state index in [1.807, 2.05) is 30.3 Å². The first kappa shape index (κ1) is 27.9. The smallest absolute Gasteiger partial charge is 0.330 e. The number of carbonyl (C=O) groups excluding carboxylic acids is 5. The highest BCUT2D eigenvalue weighted by atomic mass is 16.5. The van der Waals surface area contributed by atoms with Crippen LogP contribution in [0.25, 0.3) is 0 Å². The summed E-state index contributed by atoms with van der Waals surface area (Å²) in [5.41, 5.74) is 0.797. The van der Waals surface area contributed by atoms with Crippen molar-refractivity contribution in [1.82, 2.24) is 21.3 Å². The van der Waals surface area contributed by atoms with Gasteiger partial charge < -0.3 is 26.0 Å². The highest BCUT2D eigenvalue weighted by Gasteiger charge is 2.30. The third kappa shape index (κ3) is 9.70. The number of hydrogen-bond acceptors (Lipinski definition) is 6. The molecular formula is C27H36N4O6. The topological polar surface area (TPSA) is 143 Å². The van der Waals surface area contributed by atoms with Crippen LogP contribution in [0.5, 0.6) is 0 Å². The molecule has 1 aliphatic carbocycles. The van der Waals surface area contributed by atoms with Gasteiger partial charge in [0.1, 0.15) is 6.04 Å². The molecule has 37 heavy (non-hydrogen) atoms. The molecule has 0 spiro atoms. The zero-order chi connectivity index (χ0) is 26.6. The van der Waals surface area contributed by atoms with Gasteiger partial charge in [0.25, 0.3) is 0 Å². The molecule has 4 N–H and O–H groups in total. The zero-order valence-electron chi connectivity index (χ0n) is 21.2. The molecule has 3 rings (SSSR count). The van der Waals surface area contributed by atoms with Crippen LogP contribution in [0.15, 0.2) is 42.5 Å². The van der Waals surface area contributed by atoms with Gasteiger partial charge in [-0.1, -0.05) is 49.2 Å². The van der Waals surface area contributed by atoms with Crippen LogP contribution in [0.4, 0.5) is 0 Å². The summed E-state index contributed by atoms with van der Waals surface area (Å²) in [6.45, 7) is 2.86. The van der Waals surface area contributed by atoms with E-state index in [1.165, 1.54) is 12.2 Å². The molecule has 0 bridgehead atoms. The summed E-state index contributed by atoms with van der Waals surface area (Å²) in [4.78, 5) is 62.3. The van der Waals surface area contributed by atoms with Crippen molar-refractivity contribution in [3.05, 3.63) is 48.0 Å². The first-order valence-electron chi connectivity index (χ1n) is 12.9. The number of hydrogen-bond donors (Lipinski definition) is 4. The van der Waals surface area contributed by atoms with Crippen LogP contribution in [-0.4, -0.2) is 61.4 Å². The Bertz CT molecular complexity index is 992. The van der Waals surface area contributed by atoms with Crippen molar-refractivity contribution in [2.75, 3.05) is 19.7 Å². The number of ether oxygens (including phenoxy) is 1. The van der Waals surface area contributed by atoms with Gasteiger partial charge in [0.15, 0.2) is 0 Å². The Balaban J connectivity index is 1.69. The van der Waals surface area contributed by atoms with Crippen LogP contribution in [0.3, 0.4) is 0 Å². The second-order valence-electron chi connectivity index (χ2n) is 9.44. The molecule has 1 saturated heterocycles. The Hall–Kier alpha value is -3.69. The van der Waals surface area contributed by atoms with E-state index in [4.69, 9.17) is 4.74 Å². The molecule has 2 aliphatic rings. The van der Waals surface area contributed by atoms with Crippen molar-refractivity contribution in [3.8, 4) is 0 Å². The van der Waals surface area contributed by atoms with Crippen molar-refractivity contribution in [2.45, 2.75) is 57.5 Å². The van der Waals surface area contributed by atoms with Crippen LogP contribution in [0.1, 0.15) is 44.6 Å². The van der Waals surface area contributed by atoms with Crippen molar-refractivity contribution in [3.63, 3.8) is 0 Å². The van der Waals surface area contributed by atoms with Gasteiger partial charge in [-0.05, 0) is 37.7 Å². The summed E-state index contributed by atoms with van der Waals surface area (Å²) in [5, 5.41) is 10.8. The van der Waals surface area contributed by atoms with E-state index in [1.54, 1.807) is 6.92 Å². The van der Waals surface area contributed by atoms with E-state index < -0.39 is 35.8 Å². The summed E-state index contributed by atoms with van der Waals surface area (Å²) in [7, 11) is 0. The lowest BCUT2D eigenvalue weighted by Gasteiger charge is -2.23. The number of esters is 1. The molecule has 0 aromatic heterocycles. The molecule has 3 unspecified atom stereocenters. The second kappa shape index (κ2) is 14.2. The lowest BCUT2D eigenvalue weighted by Crippen LogP contribution is -2.53. The summed E-state index contributed by atoms with van der Waals surface area (Å²) in [6.07, 6.45) is 6.89. The fourth-order valence-corrected chi connectivity index (χ4v) is 4.19. The average molecular weight is 513 g/mol. The first-order valence-corrected chi connectivity index (χ1v) is 12.9. The quantitative estimate of drug-likeness (QED) is 0.175. The monoisotopic (exact) mass is 512 g/mol. The second-order valence-corrected chi connectivity index (χ2v) is 9.44. The largest absolute Gasteiger partial charge is 0.463 e. The minimum absolute atomic E-state index is 0.110. The fraction of sp³-hybridized carbons (Fsp3) is 0.519. The minimum Gasteiger partial charge on any atom is -0.463 e. The first-order chi connectivity index (χ1) is 17.9. The molecule has 1 saturated carbocycles. The van der Waals surface area contributed by atoms with Gasteiger partial charge in [0.05, 0.1) is 6.61 Å². The maximum absolute atomic E-state index is 13.3. The van der Waals surface area contributed by atoms with Gasteiger partial charge in [-0.3, -0.25) is 19.2 Å². The van der Waals surface area contributed by atoms with Gasteiger partial charge in [0, 0.05) is 37.5 Å². The van der Waals surface area contributed by atoms with E-state index in [0.717, 1.165) is 24.8 Å². The van der Waals surface area contributed by atoms with Crippen LogP contribution >= 0.6 is 0 Å². The lowest BCUT2D eigenvalue weighted by atomic mass is 9.97. The van der Waals surface area contributed by atoms with Crippen molar-refractivity contribution in [2.24, 2.45) is 11.8 Å². The Labute approximate surface area is 217 Å². The third-order valence-electron chi connectivity index (χ3n) is 6.43. The molecule has 1 heterocycles. The zero-order valence-corrected chi connectivity index (χ0v) is 21.2. The normalized spacial score (nSPS) is 18.5. The van der Waals surface area contributed by atoms with E-state index in [9.17, 15) is 24.0 Å². The molecule has 10 heteroatoms. The van der Waals surface area contributed by atoms with Crippen molar-refractivity contribution >= 4 is 29.6 Å². The van der Waals surface area contributed by atoms with E-state index >= 15 is 0 Å². The van der Waals surface area contributed by atoms with Crippen LogP contribution in [0.2, 0.25) is 0 Å². The van der Waals surface area contributed by atoms with Gasteiger partial charge in [-0.2, -0.15) is 0 Å². The Morgan fingerprint density at radius 1 is 1.08 bits per heavy atom. The maximum Gasteiger partial charge on any atom is 0.330 e. The average Bonchev–Trinajstić information content (AvgIpc) is 3.62. The molecule has 10 nitrogen and oxygen atoms in total. The number of carbonyl (C=O) groups is 5. The van der Waals surface area contributed by atoms with Gasteiger partial charge in [-0.25, -0.2) is 4.79 Å². The van der Waals surface area contributed by atoms with E-state index in [0.29, 0.717) is 25.4 Å². The number of benzene rings is 1. The predicted molar refractivity (Wildman–Crippen MR) is 136 cm³/mol. The molecular weight excluding hydrogens is 476 g/mol. The van der Waals surface area contributed by atoms with Crippen LogP contribution in [0, 0.1) is 11.8 Å². The lowest BCUT2D eigenvalue weighted by molar-refractivity contribution is -0.140. The van der Waals surface area contributed by atoms with Crippen LogP contribution in [-0.2, 0) is 35.1 Å². The molecule has 3 atom stereocenters. The maximum atomic E-state index is 13.3. The number of amides is 4. The highest BCUT2D eigenvalue weighted by Crippen LogP contribution is 2.31. The van der Waals surface area contributed by atoms with Gasteiger partial charge in [0.2, 0.25) is 11.8 Å². The third-order valence-corrected chi connectivity index (χ3v) is 6.43. The molecule has 200 valence electrons. The summed E-state index contributed by atoms with van der Waals surface area (Å²) >= 11 is 0. The molecule has 1 aromatic carbocycles. The van der Waals surface area contributed by atoms with Gasteiger partial charge >= 0.3 is 17.8 Å². The van der Waals surface area contributed by atoms with Crippen molar-refractivity contribution < 1.29 is 28.7 Å². The Morgan fingerprint density at radius 2 is 1.84 bits per heavy atom. The Morgan fingerprint density at radius 3 is 2.49 bits per heavy atom. The van der Waals surface area contributed by atoms with Crippen molar-refractivity contribution in [1.29, 1.82) is 0 Å².